The van der Waals surface area contributed by atoms with E-state index in [1.807, 2.05) is 6.92 Å². The Morgan fingerprint density at radius 1 is 1.52 bits per heavy atom. The van der Waals surface area contributed by atoms with Crippen molar-refractivity contribution in [3.05, 3.63) is 39.4 Å². The monoisotopic (exact) mass is 356 g/mol. The summed E-state index contributed by atoms with van der Waals surface area (Å²) in [7, 11) is 0. The lowest BCUT2D eigenvalue weighted by molar-refractivity contribution is -0.385. The number of hydrogen-bond donors (Lipinski definition) is 0. The molecule has 0 radical (unpaired) electrons. The SMILES string of the molecule is Cc1c(C(=O)N2CC(C)OC(CBr)C2)cccc1[N+](=O)[O-]. The van der Waals surface area contributed by atoms with E-state index in [2.05, 4.69) is 15.9 Å². The number of alkyl halides is 1. The van der Waals surface area contributed by atoms with Gasteiger partial charge in [0.1, 0.15) is 0 Å². The number of carbonyl (C=O) groups is 1. The summed E-state index contributed by atoms with van der Waals surface area (Å²) in [6.07, 6.45) is -0.110. The molecule has 2 atom stereocenters. The lowest BCUT2D eigenvalue weighted by atomic mass is 10.0. The first-order valence-electron chi connectivity index (χ1n) is 6.68. The maximum Gasteiger partial charge on any atom is 0.273 e. The number of benzene rings is 1. The Balaban J connectivity index is 2.27. The number of nitro groups is 1. The Morgan fingerprint density at radius 2 is 2.24 bits per heavy atom. The van der Waals surface area contributed by atoms with Gasteiger partial charge in [0.05, 0.1) is 17.1 Å². The van der Waals surface area contributed by atoms with Gasteiger partial charge in [0, 0.05) is 35.6 Å². The minimum absolute atomic E-state index is 0.0285. The van der Waals surface area contributed by atoms with Crippen LogP contribution in [0.3, 0.4) is 0 Å². The van der Waals surface area contributed by atoms with Crippen LogP contribution in [-0.2, 0) is 4.74 Å². The average molecular weight is 357 g/mol. The smallest absolute Gasteiger partial charge is 0.273 e. The van der Waals surface area contributed by atoms with Crippen LogP contribution in [0.15, 0.2) is 18.2 Å². The quantitative estimate of drug-likeness (QED) is 0.473. The fourth-order valence-electron chi connectivity index (χ4n) is 2.52. The molecular weight excluding hydrogens is 340 g/mol. The number of rotatable bonds is 3. The van der Waals surface area contributed by atoms with E-state index in [1.165, 1.54) is 6.07 Å². The maximum atomic E-state index is 12.6. The highest BCUT2D eigenvalue weighted by molar-refractivity contribution is 9.09. The summed E-state index contributed by atoms with van der Waals surface area (Å²) < 4.78 is 5.69. The van der Waals surface area contributed by atoms with Crippen LogP contribution in [-0.4, -0.2) is 46.4 Å². The molecular formula is C14H17BrN2O4. The first kappa shape index (κ1) is 15.9. The third-order valence-corrected chi connectivity index (χ3v) is 4.24. The molecule has 0 spiro atoms. The zero-order chi connectivity index (χ0) is 15.6. The van der Waals surface area contributed by atoms with E-state index < -0.39 is 4.92 Å². The van der Waals surface area contributed by atoms with Crippen LogP contribution in [0.2, 0.25) is 0 Å². The molecule has 0 N–H and O–H groups in total. The Morgan fingerprint density at radius 3 is 2.86 bits per heavy atom. The highest BCUT2D eigenvalue weighted by Crippen LogP contribution is 2.24. The lowest BCUT2D eigenvalue weighted by Crippen LogP contribution is -2.49. The molecule has 2 rings (SSSR count). The zero-order valence-electron chi connectivity index (χ0n) is 11.9. The molecule has 0 aromatic heterocycles. The van der Waals surface area contributed by atoms with E-state index in [4.69, 9.17) is 4.74 Å². The van der Waals surface area contributed by atoms with Crippen molar-refractivity contribution >= 4 is 27.5 Å². The molecule has 0 aliphatic carbocycles. The molecule has 21 heavy (non-hydrogen) atoms. The van der Waals surface area contributed by atoms with Crippen LogP contribution in [0.4, 0.5) is 5.69 Å². The van der Waals surface area contributed by atoms with E-state index in [0.29, 0.717) is 29.5 Å². The average Bonchev–Trinajstić information content (AvgIpc) is 2.45. The van der Waals surface area contributed by atoms with E-state index in [0.717, 1.165) is 0 Å². The molecule has 1 amide bonds. The van der Waals surface area contributed by atoms with E-state index in [1.54, 1.807) is 24.0 Å². The van der Waals surface area contributed by atoms with E-state index in [9.17, 15) is 14.9 Å². The van der Waals surface area contributed by atoms with Crippen molar-refractivity contribution in [1.82, 2.24) is 4.90 Å². The molecule has 7 heteroatoms. The van der Waals surface area contributed by atoms with Crippen molar-refractivity contribution in [1.29, 1.82) is 0 Å². The number of carbonyl (C=O) groups excluding carboxylic acids is 1. The molecule has 0 bridgehead atoms. The van der Waals surface area contributed by atoms with Gasteiger partial charge in [0.15, 0.2) is 0 Å². The van der Waals surface area contributed by atoms with Crippen molar-refractivity contribution in [3.63, 3.8) is 0 Å². The maximum absolute atomic E-state index is 12.6. The van der Waals surface area contributed by atoms with Crippen LogP contribution >= 0.6 is 15.9 Å². The highest BCUT2D eigenvalue weighted by Gasteiger charge is 2.30. The van der Waals surface area contributed by atoms with Crippen molar-refractivity contribution in [2.75, 3.05) is 18.4 Å². The zero-order valence-corrected chi connectivity index (χ0v) is 13.5. The first-order valence-corrected chi connectivity index (χ1v) is 7.81. The van der Waals surface area contributed by atoms with Crippen molar-refractivity contribution in [2.24, 2.45) is 0 Å². The van der Waals surface area contributed by atoms with Gasteiger partial charge in [-0.1, -0.05) is 22.0 Å². The van der Waals surface area contributed by atoms with Gasteiger partial charge in [0.25, 0.3) is 11.6 Å². The molecule has 114 valence electrons. The van der Waals surface area contributed by atoms with Gasteiger partial charge in [-0.2, -0.15) is 0 Å². The Bertz CT molecular complexity index is 564. The minimum atomic E-state index is -0.463. The van der Waals surface area contributed by atoms with Gasteiger partial charge in [-0.3, -0.25) is 14.9 Å². The molecule has 0 saturated carbocycles. The molecule has 1 aromatic rings. The molecule has 1 saturated heterocycles. The fraction of sp³-hybridized carbons (Fsp3) is 0.500. The van der Waals surface area contributed by atoms with Crippen LogP contribution < -0.4 is 0 Å². The summed E-state index contributed by atoms with van der Waals surface area (Å²) in [5.74, 6) is -0.183. The van der Waals surface area contributed by atoms with Gasteiger partial charge in [-0.25, -0.2) is 0 Å². The second-order valence-electron chi connectivity index (χ2n) is 5.14. The fourth-order valence-corrected chi connectivity index (χ4v) is 2.88. The normalized spacial score (nSPS) is 22.1. The summed E-state index contributed by atoms with van der Waals surface area (Å²) >= 11 is 3.36. The lowest BCUT2D eigenvalue weighted by Gasteiger charge is -2.36. The molecule has 1 aliphatic rings. The predicted octanol–water partition coefficient (Wildman–Crippen LogP) is 2.53. The van der Waals surface area contributed by atoms with Crippen LogP contribution in [0.1, 0.15) is 22.8 Å². The number of amides is 1. The third-order valence-electron chi connectivity index (χ3n) is 3.52. The first-order chi connectivity index (χ1) is 9.93. The summed E-state index contributed by atoms with van der Waals surface area (Å²) in [6, 6.07) is 4.59. The second kappa shape index (κ2) is 6.53. The standard InChI is InChI=1S/C14H17BrN2O4/c1-9-7-16(8-11(6-15)21-9)14(18)12-4-3-5-13(10(12)2)17(19)20/h3-5,9,11H,6-8H2,1-2H3. The summed E-state index contributed by atoms with van der Waals surface area (Å²) in [5, 5.41) is 11.6. The summed E-state index contributed by atoms with van der Waals surface area (Å²) in [6.45, 7) is 4.49. The molecule has 1 fully saturated rings. The summed E-state index contributed by atoms with van der Waals surface area (Å²) in [5.41, 5.74) is 0.757. The van der Waals surface area contributed by atoms with E-state index >= 15 is 0 Å². The number of morpholine rings is 1. The van der Waals surface area contributed by atoms with Gasteiger partial charge in [-0.05, 0) is 19.9 Å². The molecule has 1 heterocycles. The largest absolute Gasteiger partial charge is 0.371 e. The predicted molar refractivity (Wildman–Crippen MR) is 81.9 cm³/mol. The third kappa shape index (κ3) is 3.41. The molecule has 1 aliphatic heterocycles. The highest BCUT2D eigenvalue weighted by atomic mass is 79.9. The number of ether oxygens (including phenoxy) is 1. The van der Waals surface area contributed by atoms with Crippen LogP contribution in [0.25, 0.3) is 0 Å². The molecule has 1 aromatic carbocycles. The summed E-state index contributed by atoms with van der Waals surface area (Å²) in [4.78, 5) is 24.9. The van der Waals surface area contributed by atoms with Gasteiger partial charge in [0.2, 0.25) is 0 Å². The van der Waals surface area contributed by atoms with Gasteiger partial charge >= 0.3 is 0 Å². The Hall–Kier alpha value is -1.47. The van der Waals surface area contributed by atoms with Crippen LogP contribution in [0, 0.1) is 17.0 Å². The van der Waals surface area contributed by atoms with Crippen molar-refractivity contribution in [2.45, 2.75) is 26.1 Å². The molecule has 2 unspecified atom stereocenters. The van der Waals surface area contributed by atoms with Crippen molar-refractivity contribution in [3.8, 4) is 0 Å². The van der Waals surface area contributed by atoms with Gasteiger partial charge < -0.3 is 9.64 Å². The topological polar surface area (TPSA) is 72.7 Å². The van der Waals surface area contributed by atoms with Crippen LogP contribution in [0.5, 0.6) is 0 Å². The number of nitrogens with zero attached hydrogens (tertiary/aromatic N) is 2. The van der Waals surface area contributed by atoms with Gasteiger partial charge in [-0.15, -0.1) is 0 Å². The number of hydrogen-bond acceptors (Lipinski definition) is 4. The second-order valence-corrected chi connectivity index (χ2v) is 5.79. The Kier molecular flexibility index (Phi) is 4.95. The number of halogens is 1. The van der Waals surface area contributed by atoms with E-state index in [-0.39, 0.29) is 23.8 Å². The minimum Gasteiger partial charge on any atom is -0.371 e. The Labute approximate surface area is 131 Å². The van der Waals surface area contributed by atoms with Crippen molar-refractivity contribution < 1.29 is 14.5 Å². The number of nitro benzene ring substituents is 1. The molecule has 6 nitrogen and oxygen atoms in total.